The molecule has 1 heteroatoms. The summed E-state index contributed by atoms with van der Waals surface area (Å²) in [5, 5.41) is 9.55. The molecule has 0 saturated carbocycles. The number of aliphatic hydroxyl groups excluding tert-OH is 1. The second-order valence-electron chi connectivity index (χ2n) is 3.28. The molecule has 0 aromatic rings. The largest absolute Gasteiger partial charge is 0.389 e. The molecule has 66 valence electrons. The first kappa shape index (κ1) is 9.27. The van der Waals surface area contributed by atoms with Crippen LogP contribution in [-0.2, 0) is 0 Å². The predicted octanol–water partition coefficient (Wildman–Crippen LogP) is 2.45. The van der Waals surface area contributed by atoms with Crippen molar-refractivity contribution in [2.24, 2.45) is 5.92 Å². The highest BCUT2D eigenvalue weighted by molar-refractivity contribution is 5.32. The number of hydrogen-bond acceptors (Lipinski definition) is 1. The van der Waals surface area contributed by atoms with Gasteiger partial charge in [-0.3, -0.25) is 0 Å². The Morgan fingerprint density at radius 3 is 2.58 bits per heavy atom. The minimum Gasteiger partial charge on any atom is -0.389 e. The Balaban J connectivity index is 2.99. The minimum atomic E-state index is -0.269. The van der Waals surface area contributed by atoms with Crippen molar-refractivity contribution in [3.8, 4) is 0 Å². The molecule has 0 amide bonds. The lowest BCUT2D eigenvalue weighted by Crippen LogP contribution is -2.20. The van der Waals surface area contributed by atoms with Crippen LogP contribution in [0.3, 0.4) is 0 Å². The van der Waals surface area contributed by atoms with E-state index in [1.54, 1.807) is 0 Å². The van der Waals surface area contributed by atoms with E-state index in [1.165, 1.54) is 0 Å². The molecule has 0 bridgehead atoms. The average Bonchev–Trinajstić information content (AvgIpc) is 2.09. The quantitative estimate of drug-likeness (QED) is 0.621. The van der Waals surface area contributed by atoms with Crippen molar-refractivity contribution in [2.45, 2.75) is 25.9 Å². The molecule has 0 heterocycles. The van der Waals surface area contributed by atoms with Crippen LogP contribution in [0.25, 0.3) is 0 Å². The maximum Gasteiger partial charge on any atom is 0.0753 e. The predicted molar refractivity (Wildman–Crippen MR) is 51.8 cm³/mol. The zero-order valence-corrected chi connectivity index (χ0v) is 7.59. The smallest absolute Gasteiger partial charge is 0.0753 e. The lowest BCUT2D eigenvalue weighted by atomic mass is 9.82. The standard InChI is InChI=1S/C11H16O/c1-4-9-6-7-11(12)8(3)10(9)5-2/h4-5,9,11-12H,1-2,6-7H2,3H3/t9-,11-/m0/s1. The molecule has 1 N–H and O–H groups in total. The van der Waals surface area contributed by atoms with Crippen LogP contribution in [0.2, 0.25) is 0 Å². The summed E-state index contributed by atoms with van der Waals surface area (Å²) in [6.07, 6.45) is 5.34. The third-order valence-corrected chi connectivity index (χ3v) is 2.61. The van der Waals surface area contributed by atoms with Crippen LogP contribution in [0, 0.1) is 5.92 Å². The molecule has 1 aliphatic rings. The Hall–Kier alpha value is -0.820. The normalized spacial score (nSPS) is 30.2. The molecule has 2 atom stereocenters. The van der Waals surface area contributed by atoms with E-state index in [0.717, 1.165) is 24.0 Å². The average molecular weight is 164 g/mol. The maximum atomic E-state index is 9.55. The Morgan fingerprint density at radius 1 is 1.42 bits per heavy atom. The molecular weight excluding hydrogens is 148 g/mol. The van der Waals surface area contributed by atoms with Crippen LogP contribution in [0.1, 0.15) is 19.8 Å². The summed E-state index contributed by atoms with van der Waals surface area (Å²) in [5.41, 5.74) is 2.21. The van der Waals surface area contributed by atoms with Crippen LogP contribution < -0.4 is 0 Å². The maximum absolute atomic E-state index is 9.55. The summed E-state index contributed by atoms with van der Waals surface area (Å²) < 4.78 is 0. The lowest BCUT2D eigenvalue weighted by molar-refractivity contribution is 0.183. The Bertz CT molecular complexity index is 225. The number of rotatable bonds is 2. The highest BCUT2D eigenvalue weighted by Crippen LogP contribution is 2.31. The molecule has 0 fully saturated rings. The van der Waals surface area contributed by atoms with Gasteiger partial charge in [0, 0.05) is 5.92 Å². The summed E-state index contributed by atoms with van der Waals surface area (Å²) in [4.78, 5) is 0. The molecule has 1 aliphatic carbocycles. The lowest BCUT2D eigenvalue weighted by Gasteiger charge is -2.26. The molecular formula is C11H16O. The zero-order valence-electron chi connectivity index (χ0n) is 7.59. The SMILES string of the molecule is C=CC1=C(C)[C@@H](O)CC[C@@H]1C=C. The fraction of sp³-hybridized carbons (Fsp3) is 0.455. The van der Waals surface area contributed by atoms with E-state index in [4.69, 9.17) is 0 Å². The highest BCUT2D eigenvalue weighted by atomic mass is 16.3. The van der Waals surface area contributed by atoms with Gasteiger partial charge in [0.1, 0.15) is 0 Å². The molecule has 0 aliphatic heterocycles. The van der Waals surface area contributed by atoms with Gasteiger partial charge in [0.2, 0.25) is 0 Å². The third-order valence-electron chi connectivity index (χ3n) is 2.61. The molecule has 0 spiro atoms. The molecule has 0 aromatic heterocycles. The highest BCUT2D eigenvalue weighted by Gasteiger charge is 2.21. The van der Waals surface area contributed by atoms with Gasteiger partial charge in [-0.15, -0.1) is 6.58 Å². The Morgan fingerprint density at radius 2 is 2.08 bits per heavy atom. The first-order chi connectivity index (χ1) is 5.70. The van der Waals surface area contributed by atoms with Crippen molar-refractivity contribution in [3.05, 3.63) is 36.5 Å². The summed E-state index contributed by atoms with van der Waals surface area (Å²) >= 11 is 0. The molecule has 12 heavy (non-hydrogen) atoms. The first-order valence-corrected chi connectivity index (χ1v) is 4.34. The fourth-order valence-electron chi connectivity index (χ4n) is 1.75. The van der Waals surface area contributed by atoms with Crippen LogP contribution in [0.5, 0.6) is 0 Å². The molecule has 1 rings (SSSR count). The van der Waals surface area contributed by atoms with Gasteiger partial charge in [0.05, 0.1) is 6.10 Å². The van der Waals surface area contributed by atoms with Crippen LogP contribution >= 0.6 is 0 Å². The summed E-state index contributed by atoms with van der Waals surface area (Å²) in [7, 11) is 0. The van der Waals surface area contributed by atoms with Gasteiger partial charge in [0.25, 0.3) is 0 Å². The Labute approximate surface area is 74.1 Å². The van der Waals surface area contributed by atoms with E-state index in [0.29, 0.717) is 5.92 Å². The van der Waals surface area contributed by atoms with Crippen molar-refractivity contribution >= 4 is 0 Å². The zero-order chi connectivity index (χ0) is 9.14. The van der Waals surface area contributed by atoms with Crippen molar-refractivity contribution in [1.82, 2.24) is 0 Å². The van der Waals surface area contributed by atoms with E-state index in [-0.39, 0.29) is 6.10 Å². The first-order valence-electron chi connectivity index (χ1n) is 4.34. The van der Waals surface area contributed by atoms with Crippen molar-refractivity contribution in [1.29, 1.82) is 0 Å². The molecule has 1 nitrogen and oxygen atoms in total. The van der Waals surface area contributed by atoms with E-state index >= 15 is 0 Å². The van der Waals surface area contributed by atoms with E-state index in [2.05, 4.69) is 13.2 Å². The third kappa shape index (κ3) is 1.51. The second-order valence-corrected chi connectivity index (χ2v) is 3.28. The summed E-state index contributed by atoms with van der Waals surface area (Å²) in [6, 6.07) is 0. The molecule has 0 saturated heterocycles. The van der Waals surface area contributed by atoms with Gasteiger partial charge < -0.3 is 5.11 Å². The van der Waals surface area contributed by atoms with Gasteiger partial charge in [-0.2, -0.15) is 0 Å². The van der Waals surface area contributed by atoms with E-state index in [1.807, 2.05) is 19.1 Å². The molecule has 0 aromatic carbocycles. The summed E-state index contributed by atoms with van der Waals surface area (Å²) in [6.45, 7) is 9.50. The van der Waals surface area contributed by atoms with Crippen molar-refractivity contribution in [3.63, 3.8) is 0 Å². The second kappa shape index (κ2) is 3.72. The van der Waals surface area contributed by atoms with Crippen LogP contribution in [-0.4, -0.2) is 11.2 Å². The van der Waals surface area contributed by atoms with Gasteiger partial charge in [-0.1, -0.05) is 18.7 Å². The van der Waals surface area contributed by atoms with Crippen LogP contribution in [0.4, 0.5) is 0 Å². The number of allylic oxidation sites excluding steroid dienone is 3. The van der Waals surface area contributed by atoms with E-state index < -0.39 is 0 Å². The fourth-order valence-corrected chi connectivity index (χ4v) is 1.75. The molecule has 0 unspecified atom stereocenters. The number of aliphatic hydroxyl groups is 1. The van der Waals surface area contributed by atoms with Crippen LogP contribution in [0.15, 0.2) is 36.5 Å². The van der Waals surface area contributed by atoms with Gasteiger partial charge in [-0.25, -0.2) is 0 Å². The topological polar surface area (TPSA) is 20.2 Å². The van der Waals surface area contributed by atoms with Crippen molar-refractivity contribution < 1.29 is 5.11 Å². The molecule has 0 radical (unpaired) electrons. The van der Waals surface area contributed by atoms with Crippen molar-refractivity contribution in [2.75, 3.05) is 0 Å². The monoisotopic (exact) mass is 164 g/mol. The van der Waals surface area contributed by atoms with Gasteiger partial charge >= 0.3 is 0 Å². The van der Waals surface area contributed by atoms with Gasteiger partial charge in [0.15, 0.2) is 0 Å². The summed E-state index contributed by atoms with van der Waals surface area (Å²) in [5.74, 6) is 0.394. The van der Waals surface area contributed by atoms with E-state index in [9.17, 15) is 5.11 Å². The Kier molecular flexibility index (Phi) is 2.88. The van der Waals surface area contributed by atoms with Gasteiger partial charge in [-0.05, 0) is 30.9 Å². The number of hydrogen-bond donors (Lipinski definition) is 1. The minimum absolute atomic E-state index is 0.269.